The van der Waals surface area contributed by atoms with Crippen molar-refractivity contribution in [1.82, 2.24) is 4.40 Å². The van der Waals surface area contributed by atoms with Crippen molar-refractivity contribution in [2.75, 3.05) is 9.80 Å². The highest BCUT2D eigenvalue weighted by molar-refractivity contribution is 8.00. The van der Waals surface area contributed by atoms with E-state index in [9.17, 15) is 0 Å². The number of nitrogens with zero attached hydrogens (tertiary/aromatic N) is 3. The number of fused-ring (bicyclic) bond motifs is 16. The number of anilines is 6. The van der Waals surface area contributed by atoms with E-state index in [1.807, 2.05) is 23.5 Å². The molecule has 0 amide bonds. The molecule has 0 N–H and O–H groups in total. The molecule has 280 valence electrons. The standard InChI is InChI=1S/C54H31B2N3S2/c1-3-14-32(15-4-1)57-40-22-9-7-20-36(40)55-38-28-30-42-48(53(38)60-46-26-12-24-44(57)50(46)55)34-18-11-19-35-49-43(59(42)52(34)35)31-29-39-54(49)61-47-27-13-25-45-51(47)56(39)37-21-8-10-23-41(37)58(45)33-16-5-2-6-17-33/h1-31H. The minimum absolute atomic E-state index is 0.143. The maximum Gasteiger partial charge on any atom is 0.249 e. The van der Waals surface area contributed by atoms with E-state index in [4.69, 9.17) is 0 Å². The Hall–Kier alpha value is -6.79. The molecule has 0 aliphatic carbocycles. The molecule has 61 heavy (non-hydrogen) atoms. The highest BCUT2D eigenvalue weighted by Gasteiger charge is 2.43. The van der Waals surface area contributed by atoms with E-state index < -0.39 is 0 Å². The monoisotopic (exact) mass is 807 g/mol. The summed E-state index contributed by atoms with van der Waals surface area (Å²) in [7, 11) is 0. The van der Waals surface area contributed by atoms with Gasteiger partial charge < -0.3 is 14.2 Å². The predicted molar refractivity (Wildman–Crippen MR) is 261 cm³/mol. The Morgan fingerprint density at radius 2 is 0.770 bits per heavy atom. The second kappa shape index (κ2) is 11.9. The van der Waals surface area contributed by atoms with Crippen molar-refractivity contribution in [2.24, 2.45) is 0 Å². The Morgan fingerprint density at radius 3 is 1.26 bits per heavy atom. The summed E-state index contributed by atoms with van der Waals surface area (Å²) in [5.41, 5.74) is 19.7. The van der Waals surface area contributed by atoms with Crippen LogP contribution in [-0.4, -0.2) is 17.8 Å². The van der Waals surface area contributed by atoms with Crippen molar-refractivity contribution in [3.63, 3.8) is 0 Å². The summed E-state index contributed by atoms with van der Waals surface area (Å²) in [5, 5.41) is 5.40. The van der Waals surface area contributed by atoms with Crippen molar-refractivity contribution in [3.05, 3.63) is 188 Å². The largest absolute Gasteiger partial charge is 0.311 e. The van der Waals surface area contributed by atoms with Gasteiger partial charge in [0, 0.05) is 75.3 Å². The second-order valence-corrected chi connectivity index (χ2v) is 18.8. The molecule has 4 aliphatic rings. The second-order valence-electron chi connectivity index (χ2n) is 16.7. The average molecular weight is 808 g/mol. The summed E-state index contributed by atoms with van der Waals surface area (Å²) in [5.74, 6) is 0. The molecule has 0 atom stereocenters. The number of rotatable bonds is 2. The Balaban J connectivity index is 0.957. The van der Waals surface area contributed by atoms with Gasteiger partial charge in [-0.2, -0.15) is 0 Å². The Labute approximate surface area is 361 Å². The fourth-order valence-corrected chi connectivity index (χ4v) is 14.2. The maximum atomic E-state index is 2.59. The molecule has 4 aliphatic heterocycles. The SMILES string of the molecule is c1ccc(N2c3ccccc3B3c4ccc5c(c4Sc4cccc2c43)c2cccc3c4c6c(ccc4n5c23)B2c3ccccc3N(c3ccccc3)c3cccc(c32)S6)cc1. The molecule has 0 unspecified atom stereocenters. The third kappa shape index (κ3) is 4.16. The fourth-order valence-electron chi connectivity index (χ4n) is 11.5. The summed E-state index contributed by atoms with van der Waals surface area (Å²) >= 11 is 3.92. The zero-order valence-electron chi connectivity index (χ0n) is 32.7. The third-order valence-corrected chi connectivity index (χ3v) is 16.2. The Bertz CT molecular complexity index is 3460. The fraction of sp³-hybridized carbons (Fsp3) is 0. The van der Waals surface area contributed by atoms with Gasteiger partial charge in [-0.1, -0.05) is 150 Å². The van der Waals surface area contributed by atoms with E-state index in [0.29, 0.717) is 0 Å². The van der Waals surface area contributed by atoms with Crippen LogP contribution < -0.4 is 42.6 Å². The number of aromatic nitrogens is 1. The van der Waals surface area contributed by atoms with Gasteiger partial charge in [-0.25, -0.2) is 0 Å². The molecule has 7 heteroatoms. The predicted octanol–water partition coefficient (Wildman–Crippen LogP) is 10.4. The van der Waals surface area contributed by atoms with E-state index in [1.54, 1.807) is 0 Å². The van der Waals surface area contributed by atoms with Crippen LogP contribution in [-0.2, 0) is 0 Å². The molecule has 0 saturated carbocycles. The minimum Gasteiger partial charge on any atom is -0.311 e. The van der Waals surface area contributed by atoms with Crippen LogP contribution in [0.3, 0.4) is 0 Å². The highest BCUT2D eigenvalue weighted by Crippen LogP contribution is 2.50. The number of benzene rings is 9. The molecular formula is C54H31B2N3S2. The van der Waals surface area contributed by atoms with Crippen molar-refractivity contribution in [2.45, 2.75) is 19.6 Å². The molecule has 0 fully saturated rings. The molecule has 6 heterocycles. The zero-order valence-corrected chi connectivity index (χ0v) is 34.3. The first-order valence-electron chi connectivity index (χ1n) is 21.1. The summed E-state index contributed by atoms with van der Waals surface area (Å²) in [6.07, 6.45) is 0. The van der Waals surface area contributed by atoms with Crippen molar-refractivity contribution in [1.29, 1.82) is 0 Å². The van der Waals surface area contributed by atoms with Gasteiger partial charge in [0.25, 0.3) is 0 Å². The topological polar surface area (TPSA) is 10.9 Å². The Morgan fingerprint density at radius 1 is 0.344 bits per heavy atom. The van der Waals surface area contributed by atoms with Crippen LogP contribution in [0.5, 0.6) is 0 Å². The first kappa shape index (κ1) is 33.0. The van der Waals surface area contributed by atoms with Crippen molar-refractivity contribution in [3.8, 4) is 0 Å². The number of hydrogen-bond donors (Lipinski definition) is 0. The van der Waals surface area contributed by atoms with Gasteiger partial charge >= 0.3 is 0 Å². The van der Waals surface area contributed by atoms with Gasteiger partial charge in [0.1, 0.15) is 0 Å². The third-order valence-electron chi connectivity index (χ3n) is 13.8. The lowest BCUT2D eigenvalue weighted by Gasteiger charge is -2.40. The van der Waals surface area contributed by atoms with Gasteiger partial charge in [0.05, 0.1) is 16.6 Å². The Kier molecular flexibility index (Phi) is 6.46. The van der Waals surface area contributed by atoms with E-state index in [-0.39, 0.29) is 13.4 Å². The van der Waals surface area contributed by atoms with Gasteiger partial charge in [0.2, 0.25) is 13.4 Å². The molecule has 0 radical (unpaired) electrons. The quantitative estimate of drug-likeness (QED) is 0.161. The summed E-state index contributed by atoms with van der Waals surface area (Å²) in [6.45, 7) is 0.286. The molecular weight excluding hydrogens is 776 g/mol. The molecule has 0 spiro atoms. The average Bonchev–Trinajstić information content (AvgIpc) is 3.85. The first-order chi connectivity index (χ1) is 30.3. The van der Waals surface area contributed by atoms with Crippen LogP contribution in [0.15, 0.2) is 208 Å². The zero-order chi connectivity index (χ0) is 39.5. The molecule has 9 aromatic carbocycles. The van der Waals surface area contributed by atoms with E-state index in [2.05, 4.69) is 202 Å². The van der Waals surface area contributed by atoms with Crippen molar-refractivity contribution < 1.29 is 0 Å². The molecule has 15 rings (SSSR count). The van der Waals surface area contributed by atoms with Crippen molar-refractivity contribution >= 4 is 142 Å². The molecule has 0 bridgehead atoms. The van der Waals surface area contributed by atoms with Crippen LogP contribution >= 0.6 is 23.5 Å². The molecule has 3 nitrogen and oxygen atoms in total. The van der Waals surface area contributed by atoms with E-state index in [1.165, 1.54) is 125 Å². The smallest absolute Gasteiger partial charge is 0.249 e. The lowest BCUT2D eigenvalue weighted by Crippen LogP contribution is -2.59. The first-order valence-corrected chi connectivity index (χ1v) is 22.7. The van der Waals surface area contributed by atoms with E-state index >= 15 is 0 Å². The minimum atomic E-state index is 0.143. The van der Waals surface area contributed by atoms with Gasteiger partial charge in [-0.3, -0.25) is 0 Å². The van der Waals surface area contributed by atoms with Crippen LogP contribution in [0.4, 0.5) is 34.1 Å². The normalized spacial score (nSPS) is 14.3. The number of para-hydroxylation sites is 5. The highest BCUT2D eigenvalue weighted by atomic mass is 32.2. The summed E-state index contributed by atoms with van der Waals surface area (Å²) < 4.78 is 2.59. The molecule has 2 aromatic heterocycles. The maximum absolute atomic E-state index is 2.59. The van der Waals surface area contributed by atoms with Gasteiger partial charge in [-0.05, 0) is 94.6 Å². The number of hydrogen-bond acceptors (Lipinski definition) is 4. The van der Waals surface area contributed by atoms with Gasteiger partial charge in [-0.15, -0.1) is 0 Å². The van der Waals surface area contributed by atoms with Crippen LogP contribution in [0.1, 0.15) is 0 Å². The summed E-state index contributed by atoms with van der Waals surface area (Å²) in [6, 6.07) is 70.4. The van der Waals surface area contributed by atoms with Crippen LogP contribution in [0.25, 0.3) is 38.1 Å². The lowest BCUT2D eigenvalue weighted by atomic mass is 9.35. The van der Waals surface area contributed by atoms with Gasteiger partial charge in [0.15, 0.2) is 0 Å². The summed E-state index contributed by atoms with van der Waals surface area (Å²) in [4.78, 5) is 10.4. The van der Waals surface area contributed by atoms with Crippen LogP contribution in [0, 0.1) is 0 Å². The van der Waals surface area contributed by atoms with Crippen LogP contribution in [0.2, 0.25) is 0 Å². The molecule has 11 aromatic rings. The van der Waals surface area contributed by atoms with E-state index in [0.717, 1.165) is 0 Å². The molecule has 0 saturated heterocycles. The lowest BCUT2D eigenvalue weighted by molar-refractivity contribution is 1.27.